The van der Waals surface area contributed by atoms with Crippen LogP contribution in [-0.4, -0.2) is 47.8 Å². The van der Waals surface area contributed by atoms with Gasteiger partial charge in [-0.3, -0.25) is 9.59 Å². The van der Waals surface area contributed by atoms with Gasteiger partial charge in [0.05, 0.1) is 0 Å². The van der Waals surface area contributed by atoms with Crippen molar-refractivity contribution in [3.63, 3.8) is 0 Å². The molecular formula is C11H22N2O4. The number of nitrogens with one attached hydrogen (secondary N) is 2. The molecule has 0 aliphatic rings. The zero-order valence-corrected chi connectivity index (χ0v) is 10.6. The molecule has 0 saturated carbocycles. The van der Waals surface area contributed by atoms with E-state index in [0.29, 0.717) is 19.4 Å². The summed E-state index contributed by atoms with van der Waals surface area (Å²) in [7, 11) is 1.57. The van der Waals surface area contributed by atoms with Crippen LogP contribution in [0.15, 0.2) is 0 Å². The van der Waals surface area contributed by atoms with Crippen LogP contribution in [-0.2, 0) is 9.59 Å². The monoisotopic (exact) mass is 246 g/mol. The van der Waals surface area contributed by atoms with E-state index in [0.717, 1.165) is 0 Å². The molecule has 0 aliphatic carbocycles. The topological polar surface area (TPSA) is 98.7 Å². The molecule has 100 valence electrons. The number of aliphatic carboxylic acids is 2. The first kappa shape index (κ1) is 15.9. The molecule has 6 nitrogen and oxygen atoms in total. The minimum Gasteiger partial charge on any atom is -0.480 e. The van der Waals surface area contributed by atoms with E-state index in [4.69, 9.17) is 10.2 Å². The van der Waals surface area contributed by atoms with Crippen molar-refractivity contribution in [2.24, 2.45) is 5.92 Å². The molecule has 0 aromatic heterocycles. The number of carbonyl (C=O) groups is 2. The SMILES string of the molecule is CNC(CCNC(CC(C)C)C(=O)O)C(=O)O. The van der Waals surface area contributed by atoms with Gasteiger partial charge < -0.3 is 20.8 Å². The van der Waals surface area contributed by atoms with E-state index >= 15 is 0 Å². The second-order valence-corrected chi connectivity index (χ2v) is 4.44. The Balaban J connectivity index is 4.05. The second-order valence-electron chi connectivity index (χ2n) is 4.44. The van der Waals surface area contributed by atoms with Crippen molar-refractivity contribution in [1.82, 2.24) is 10.6 Å². The Labute approximate surface area is 101 Å². The van der Waals surface area contributed by atoms with Crippen molar-refractivity contribution >= 4 is 11.9 Å². The highest BCUT2D eigenvalue weighted by atomic mass is 16.4. The van der Waals surface area contributed by atoms with Crippen LogP contribution in [0.1, 0.15) is 26.7 Å². The van der Waals surface area contributed by atoms with Crippen LogP contribution >= 0.6 is 0 Å². The molecule has 2 unspecified atom stereocenters. The molecule has 6 heteroatoms. The minimum atomic E-state index is -0.926. The average Bonchev–Trinajstić information content (AvgIpc) is 2.21. The Morgan fingerprint density at radius 3 is 2.00 bits per heavy atom. The lowest BCUT2D eigenvalue weighted by molar-refractivity contribution is -0.140. The predicted molar refractivity (Wildman–Crippen MR) is 64.0 cm³/mol. The molecule has 0 amide bonds. The minimum absolute atomic E-state index is 0.281. The van der Waals surface area contributed by atoms with E-state index in [9.17, 15) is 9.59 Å². The van der Waals surface area contributed by atoms with Crippen LogP contribution in [0.5, 0.6) is 0 Å². The number of hydrogen-bond donors (Lipinski definition) is 4. The number of carboxylic acids is 2. The highest BCUT2D eigenvalue weighted by molar-refractivity contribution is 5.74. The Morgan fingerprint density at radius 2 is 1.65 bits per heavy atom. The van der Waals surface area contributed by atoms with E-state index in [-0.39, 0.29) is 5.92 Å². The van der Waals surface area contributed by atoms with Gasteiger partial charge in [-0.25, -0.2) is 0 Å². The zero-order chi connectivity index (χ0) is 13.4. The Bertz CT molecular complexity index is 256. The van der Waals surface area contributed by atoms with E-state index in [1.54, 1.807) is 7.05 Å². The van der Waals surface area contributed by atoms with Crippen LogP contribution in [0.25, 0.3) is 0 Å². The van der Waals surface area contributed by atoms with Crippen LogP contribution in [0.3, 0.4) is 0 Å². The van der Waals surface area contributed by atoms with Crippen molar-refractivity contribution in [3.8, 4) is 0 Å². The lowest BCUT2D eigenvalue weighted by Gasteiger charge is -2.18. The second kappa shape index (κ2) is 8.03. The molecule has 0 heterocycles. The molecule has 0 radical (unpaired) electrons. The van der Waals surface area contributed by atoms with Gasteiger partial charge >= 0.3 is 11.9 Å². The van der Waals surface area contributed by atoms with Crippen LogP contribution in [0.2, 0.25) is 0 Å². The third kappa shape index (κ3) is 6.91. The maximum absolute atomic E-state index is 10.9. The number of rotatable bonds is 9. The van der Waals surface area contributed by atoms with Crippen LogP contribution in [0, 0.1) is 5.92 Å². The quantitative estimate of drug-likeness (QED) is 0.462. The summed E-state index contributed by atoms with van der Waals surface area (Å²) in [4.78, 5) is 21.6. The van der Waals surface area contributed by atoms with Crippen LogP contribution in [0.4, 0.5) is 0 Å². The van der Waals surface area contributed by atoms with Crippen molar-refractivity contribution in [3.05, 3.63) is 0 Å². The summed E-state index contributed by atoms with van der Waals surface area (Å²) in [5.74, 6) is -1.54. The normalized spacial score (nSPS) is 14.6. The van der Waals surface area contributed by atoms with Crippen molar-refractivity contribution in [2.75, 3.05) is 13.6 Å². The highest BCUT2D eigenvalue weighted by Crippen LogP contribution is 2.05. The zero-order valence-electron chi connectivity index (χ0n) is 10.6. The van der Waals surface area contributed by atoms with Crippen molar-refractivity contribution < 1.29 is 19.8 Å². The molecule has 0 aliphatic heterocycles. The van der Waals surface area contributed by atoms with E-state index in [2.05, 4.69) is 10.6 Å². The summed E-state index contributed by atoms with van der Waals surface area (Å²) in [6, 6.07) is -1.25. The summed E-state index contributed by atoms with van der Waals surface area (Å²) in [6.07, 6.45) is 0.889. The molecule has 17 heavy (non-hydrogen) atoms. The first-order valence-corrected chi connectivity index (χ1v) is 5.74. The number of carboxylic acid groups (broad SMARTS) is 2. The fourth-order valence-electron chi connectivity index (χ4n) is 1.54. The third-order valence-electron chi connectivity index (χ3n) is 2.48. The van der Waals surface area contributed by atoms with Crippen molar-refractivity contribution in [2.45, 2.75) is 38.8 Å². The molecular weight excluding hydrogens is 224 g/mol. The van der Waals surface area contributed by atoms with Gasteiger partial charge in [0.25, 0.3) is 0 Å². The summed E-state index contributed by atoms with van der Waals surface area (Å²) in [6.45, 7) is 4.26. The van der Waals surface area contributed by atoms with Gasteiger partial charge in [0, 0.05) is 0 Å². The Kier molecular flexibility index (Phi) is 7.49. The van der Waals surface area contributed by atoms with Crippen LogP contribution < -0.4 is 10.6 Å². The van der Waals surface area contributed by atoms with Gasteiger partial charge in [0.2, 0.25) is 0 Å². The largest absolute Gasteiger partial charge is 0.480 e. The number of likely N-dealkylation sites (N-methyl/N-ethyl adjacent to an activating group) is 1. The van der Waals surface area contributed by atoms with Gasteiger partial charge in [-0.1, -0.05) is 13.8 Å². The molecule has 2 atom stereocenters. The molecule has 0 aromatic rings. The maximum Gasteiger partial charge on any atom is 0.320 e. The summed E-state index contributed by atoms with van der Waals surface area (Å²) in [5, 5.41) is 23.3. The molecule has 0 rings (SSSR count). The fourth-order valence-corrected chi connectivity index (χ4v) is 1.54. The lowest BCUT2D eigenvalue weighted by atomic mass is 10.0. The van der Waals surface area contributed by atoms with Gasteiger partial charge in [-0.15, -0.1) is 0 Å². The van der Waals surface area contributed by atoms with Gasteiger partial charge in [-0.05, 0) is 32.4 Å². The summed E-state index contributed by atoms with van der Waals surface area (Å²) < 4.78 is 0. The maximum atomic E-state index is 10.9. The molecule has 0 aromatic carbocycles. The van der Waals surface area contributed by atoms with E-state index in [1.807, 2.05) is 13.8 Å². The summed E-state index contributed by atoms with van der Waals surface area (Å²) >= 11 is 0. The molecule has 4 N–H and O–H groups in total. The lowest BCUT2D eigenvalue weighted by Crippen LogP contribution is -2.42. The smallest absolute Gasteiger partial charge is 0.320 e. The molecule has 0 spiro atoms. The number of hydrogen-bond acceptors (Lipinski definition) is 4. The third-order valence-corrected chi connectivity index (χ3v) is 2.48. The first-order valence-electron chi connectivity index (χ1n) is 5.74. The molecule has 0 bridgehead atoms. The molecule has 0 saturated heterocycles. The van der Waals surface area contributed by atoms with Crippen molar-refractivity contribution in [1.29, 1.82) is 0 Å². The highest BCUT2D eigenvalue weighted by Gasteiger charge is 2.20. The van der Waals surface area contributed by atoms with Gasteiger partial charge in [0.15, 0.2) is 0 Å². The first-order chi connectivity index (χ1) is 7.88. The van der Waals surface area contributed by atoms with Gasteiger partial charge in [0.1, 0.15) is 12.1 Å². The fraction of sp³-hybridized carbons (Fsp3) is 0.818. The van der Waals surface area contributed by atoms with Gasteiger partial charge in [-0.2, -0.15) is 0 Å². The Hall–Kier alpha value is -1.14. The summed E-state index contributed by atoms with van der Waals surface area (Å²) in [5.41, 5.74) is 0. The van der Waals surface area contributed by atoms with E-state index in [1.165, 1.54) is 0 Å². The average molecular weight is 246 g/mol. The predicted octanol–water partition coefficient (Wildman–Crippen LogP) is 0.138. The molecule has 0 fully saturated rings. The van der Waals surface area contributed by atoms with E-state index < -0.39 is 24.0 Å². The Morgan fingerprint density at radius 1 is 1.12 bits per heavy atom. The standard InChI is InChI=1S/C11H22N2O4/c1-7(2)6-9(11(16)17)13-5-4-8(12-3)10(14)15/h7-9,12-13H,4-6H2,1-3H3,(H,14,15)(H,16,17).